The zero-order valence-corrected chi connectivity index (χ0v) is 32.2. The lowest BCUT2D eigenvalue weighted by molar-refractivity contribution is 0.652. The minimum atomic E-state index is -0.159. The van der Waals surface area contributed by atoms with Gasteiger partial charge in [0.25, 0.3) is 0 Å². The number of fused-ring (bicyclic) bond motifs is 13. The first-order valence-corrected chi connectivity index (χ1v) is 20.0. The van der Waals surface area contributed by atoms with E-state index in [0.717, 1.165) is 0 Å². The molecule has 2 aliphatic carbocycles. The van der Waals surface area contributed by atoms with E-state index in [-0.39, 0.29) is 10.8 Å². The van der Waals surface area contributed by atoms with Gasteiger partial charge in [0, 0.05) is 10.8 Å². The van der Waals surface area contributed by atoms with Gasteiger partial charge in [0.1, 0.15) is 0 Å². The number of benzene rings is 10. The van der Waals surface area contributed by atoms with Crippen LogP contribution in [-0.2, 0) is 10.8 Å². The lowest BCUT2D eigenvalue weighted by Gasteiger charge is -2.24. The van der Waals surface area contributed by atoms with Gasteiger partial charge in [0.05, 0.1) is 0 Å². The highest BCUT2D eigenvalue weighted by Crippen LogP contribution is 2.58. The van der Waals surface area contributed by atoms with Crippen molar-refractivity contribution < 1.29 is 0 Å². The topological polar surface area (TPSA) is 0 Å². The molecular weight excluding hydrogens is 673 g/mol. The van der Waals surface area contributed by atoms with Crippen LogP contribution < -0.4 is 0 Å². The average Bonchev–Trinajstić information content (AvgIpc) is 3.60. The third-order valence-electron chi connectivity index (χ3n) is 13.6. The van der Waals surface area contributed by atoms with Crippen LogP contribution in [0.25, 0.3) is 98.4 Å². The van der Waals surface area contributed by atoms with Gasteiger partial charge in [-0.05, 0) is 145 Å². The maximum atomic E-state index is 2.55. The highest BCUT2D eigenvalue weighted by atomic mass is 14.4. The summed E-state index contributed by atoms with van der Waals surface area (Å²) in [7, 11) is 0. The first-order chi connectivity index (χ1) is 27.3. The van der Waals surface area contributed by atoms with Gasteiger partial charge in [-0.25, -0.2) is 0 Å². The molecule has 0 heterocycles. The Balaban J connectivity index is 1.05. The molecule has 0 atom stereocenters. The number of rotatable bonds is 2. The Labute approximate surface area is 327 Å². The van der Waals surface area contributed by atoms with Gasteiger partial charge in [-0.1, -0.05) is 173 Å². The van der Waals surface area contributed by atoms with E-state index in [4.69, 9.17) is 0 Å². The third kappa shape index (κ3) is 4.14. The average molecular weight is 713 g/mol. The molecule has 12 rings (SSSR count). The summed E-state index contributed by atoms with van der Waals surface area (Å²) < 4.78 is 0. The van der Waals surface area contributed by atoms with Crippen molar-refractivity contribution in [1.82, 2.24) is 0 Å². The van der Waals surface area contributed by atoms with Crippen molar-refractivity contribution in [2.45, 2.75) is 38.5 Å². The second-order valence-electron chi connectivity index (χ2n) is 17.2. The molecule has 0 amide bonds. The molecule has 0 aliphatic heterocycles. The van der Waals surface area contributed by atoms with E-state index in [1.165, 1.54) is 121 Å². The van der Waals surface area contributed by atoms with Crippen LogP contribution in [0.1, 0.15) is 49.9 Å². The van der Waals surface area contributed by atoms with Crippen LogP contribution in [0.15, 0.2) is 170 Å². The molecule has 0 spiro atoms. The molecule has 0 radical (unpaired) electrons. The fourth-order valence-corrected chi connectivity index (χ4v) is 10.8. The van der Waals surface area contributed by atoms with Crippen LogP contribution in [0.2, 0.25) is 0 Å². The molecular formula is C56H40. The largest absolute Gasteiger partial charge is 0.0616 e. The second kappa shape index (κ2) is 11.1. The standard InChI is InChI=1S/C56H40/c1-55(2)48-28-25-34-14-6-8-16-40(34)54(48)47-32-50-46(31-51(47)55)41-27-24-37(30-49(41)56(50,3)4)53-44-19-11-9-17-42(44)52(43-18-10-12-20-45(43)53)36-23-26-39-35(29-36)22-21-33-13-5-7-15-38(33)39/h5-32H,1-4H3. The number of hydrogen-bond acceptors (Lipinski definition) is 0. The third-order valence-corrected chi connectivity index (χ3v) is 13.6. The molecule has 0 aromatic heterocycles. The molecule has 2 aliphatic rings. The fraction of sp³-hybridized carbons (Fsp3) is 0.107. The van der Waals surface area contributed by atoms with Crippen LogP contribution in [0, 0.1) is 0 Å². The molecule has 10 aromatic rings. The van der Waals surface area contributed by atoms with E-state index in [2.05, 4.69) is 198 Å². The summed E-state index contributed by atoms with van der Waals surface area (Å²) in [5.41, 5.74) is 16.2. The van der Waals surface area contributed by atoms with Crippen LogP contribution in [0.3, 0.4) is 0 Å². The lowest BCUT2D eigenvalue weighted by Crippen LogP contribution is -2.17. The predicted octanol–water partition coefficient (Wildman–Crippen LogP) is 15.4. The van der Waals surface area contributed by atoms with Gasteiger partial charge in [-0.15, -0.1) is 0 Å². The van der Waals surface area contributed by atoms with Gasteiger partial charge in [-0.2, -0.15) is 0 Å². The smallest absolute Gasteiger partial charge is 0.0159 e. The minimum Gasteiger partial charge on any atom is -0.0616 e. The zero-order valence-electron chi connectivity index (χ0n) is 32.2. The Kier molecular flexibility index (Phi) is 6.28. The molecule has 0 saturated carbocycles. The Morgan fingerprint density at radius 2 is 0.714 bits per heavy atom. The Morgan fingerprint density at radius 3 is 1.39 bits per heavy atom. The Morgan fingerprint density at radius 1 is 0.268 bits per heavy atom. The van der Waals surface area contributed by atoms with Crippen LogP contribution >= 0.6 is 0 Å². The monoisotopic (exact) mass is 712 g/mol. The van der Waals surface area contributed by atoms with E-state index >= 15 is 0 Å². The first-order valence-electron chi connectivity index (χ1n) is 20.0. The van der Waals surface area contributed by atoms with Crippen molar-refractivity contribution >= 4 is 53.9 Å². The molecule has 0 heteroatoms. The maximum absolute atomic E-state index is 2.55. The summed E-state index contributed by atoms with van der Waals surface area (Å²) >= 11 is 0. The second-order valence-corrected chi connectivity index (χ2v) is 17.2. The number of hydrogen-bond donors (Lipinski definition) is 0. The molecule has 0 nitrogen and oxygen atoms in total. The van der Waals surface area contributed by atoms with E-state index in [1.807, 2.05) is 0 Å². The van der Waals surface area contributed by atoms with Gasteiger partial charge >= 0.3 is 0 Å². The summed E-state index contributed by atoms with van der Waals surface area (Å²) in [6, 6.07) is 64.4. The molecule has 56 heavy (non-hydrogen) atoms. The quantitative estimate of drug-likeness (QED) is 0.124. The van der Waals surface area contributed by atoms with Crippen molar-refractivity contribution in [1.29, 1.82) is 0 Å². The highest BCUT2D eigenvalue weighted by molar-refractivity contribution is 6.22. The highest BCUT2D eigenvalue weighted by Gasteiger charge is 2.42. The summed E-state index contributed by atoms with van der Waals surface area (Å²) in [6.07, 6.45) is 0. The van der Waals surface area contributed by atoms with Gasteiger partial charge < -0.3 is 0 Å². The van der Waals surface area contributed by atoms with Crippen molar-refractivity contribution in [2.24, 2.45) is 0 Å². The van der Waals surface area contributed by atoms with Gasteiger partial charge in [0.15, 0.2) is 0 Å². The van der Waals surface area contributed by atoms with Crippen LogP contribution in [0.4, 0.5) is 0 Å². The minimum absolute atomic E-state index is 0.0744. The van der Waals surface area contributed by atoms with Gasteiger partial charge in [0.2, 0.25) is 0 Å². The van der Waals surface area contributed by atoms with E-state index in [0.29, 0.717) is 0 Å². The van der Waals surface area contributed by atoms with E-state index < -0.39 is 0 Å². The van der Waals surface area contributed by atoms with Crippen LogP contribution in [-0.4, -0.2) is 0 Å². The summed E-state index contributed by atoms with van der Waals surface area (Å²) in [4.78, 5) is 0. The summed E-state index contributed by atoms with van der Waals surface area (Å²) in [5, 5.41) is 13.0. The molecule has 10 aromatic carbocycles. The molecule has 264 valence electrons. The maximum Gasteiger partial charge on any atom is 0.0159 e. The Bertz CT molecular complexity index is 3300. The first kappa shape index (κ1) is 31.8. The van der Waals surface area contributed by atoms with E-state index in [1.54, 1.807) is 0 Å². The Hall–Kier alpha value is -6.50. The van der Waals surface area contributed by atoms with Gasteiger partial charge in [-0.3, -0.25) is 0 Å². The zero-order chi connectivity index (χ0) is 37.5. The molecule has 0 saturated heterocycles. The SMILES string of the molecule is CC1(C)c2cc(-c3c4ccccc4c(-c4ccc5c(ccc6ccccc65)c4)c4ccccc34)ccc2-c2cc3c(cc21)-c1c(ccc2ccccc12)C3(C)C. The molecule has 0 fully saturated rings. The van der Waals surface area contributed by atoms with Crippen LogP contribution in [0.5, 0.6) is 0 Å². The molecule has 0 N–H and O–H groups in total. The normalized spacial score (nSPS) is 14.7. The predicted molar refractivity (Wildman–Crippen MR) is 240 cm³/mol. The molecule has 0 unspecified atom stereocenters. The van der Waals surface area contributed by atoms with Crippen molar-refractivity contribution in [3.05, 3.63) is 192 Å². The van der Waals surface area contributed by atoms with Crippen molar-refractivity contribution in [3.8, 4) is 44.5 Å². The van der Waals surface area contributed by atoms with Crippen molar-refractivity contribution in [3.63, 3.8) is 0 Å². The fourth-order valence-electron chi connectivity index (χ4n) is 10.8. The molecule has 0 bridgehead atoms. The lowest BCUT2D eigenvalue weighted by atomic mass is 9.78. The van der Waals surface area contributed by atoms with E-state index in [9.17, 15) is 0 Å². The van der Waals surface area contributed by atoms with Crippen molar-refractivity contribution in [2.75, 3.05) is 0 Å². The summed E-state index contributed by atoms with van der Waals surface area (Å²) in [5.74, 6) is 0. The summed E-state index contributed by atoms with van der Waals surface area (Å²) in [6.45, 7) is 9.67.